The van der Waals surface area contributed by atoms with E-state index in [1.165, 1.54) is 16.5 Å². The Kier molecular flexibility index (Phi) is 9.47. The van der Waals surface area contributed by atoms with Crippen molar-refractivity contribution in [1.82, 2.24) is 19.3 Å². The maximum absolute atomic E-state index is 6.45. The Hall–Kier alpha value is -4.47. The van der Waals surface area contributed by atoms with Gasteiger partial charge in [0.05, 0.1) is 5.69 Å². The molecule has 0 bridgehead atoms. The largest absolute Gasteiger partial charge is 2.00 e. The first-order valence-electron chi connectivity index (χ1n) is 16.2. The fourth-order valence-electron chi connectivity index (χ4n) is 6.53. The number of aryl methyl sites for hydroxylation is 2. The van der Waals surface area contributed by atoms with Crippen molar-refractivity contribution < 1.29 is 25.8 Å². The smallest absolute Gasteiger partial charge is 0.509 e. The Morgan fingerprint density at radius 3 is 2.40 bits per heavy atom. The predicted octanol–water partition coefficient (Wildman–Crippen LogP) is 10.2. The first-order valence-corrected chi connectivity index (χ1v) is 16.2. The van der Waals surface area contributed by atoms with Crippen molar-refractivity contribution in [2.45, 2.75) is 53.9 Å². The van der Waals surface area contributed by atoms with Crippen LogP contribution in [0.15, 0.2) is 97.2 Å². The average molecular weight is 798 g/mol. The molecule has 0 aliphatic rings. The molecule has 47 heavy (non-hydrogen) atoms. The topological polar surface area (TPSA) is 44.9 Å². The third-order valence-corrected chi connectivity index (χ3v) is 8.49. The molecular weight excluding hydrogens is 760 g/mol. The van der Waals surface area contributed by atoms with Crippen LogP contribution in [0.25, 0.3) is 44.4 Å². The van der Waals surface area contributed by atoms with E-state index in [-0.39, 0.29) is 21.1 Å². The summed E-state index contributed by atoms with van der Waals surface area (Å²) in [4.78, 5) is 4.82. The van der Waals surface area contributed by atoms with E-state index in [4.69, 9.17) is 14.8 Å². The summed E-state index contributed by atoms with van der Waals surface area (Å²) >= 11 is 0. The van der Waals surface area contributed by atoms with Crippen LogP contribution in [0.4, 0.5) is 0 Å². The Morgan fingerprint density at radius 2 is 1.62 bits per heavy atom. The van der Waals surface area contributed by atoms with E-state index < -0.39 is 0 Å². The van der Waals surface area contributed by atoms with Crippen LogP contribution in [-0.4, -0.2) is 19.3 Å². The standard InChI is InChI=1S/C41H38N4O.Pt/c1-6-11-30-20-21-42-40(24-30)44-38-19-16-31(22-27(2)3)23-37(38)36-18-17-35(26-39(36)44)46-34-15-10-14-33(25-34)45-29(5)41(28(4)43-45)32-12-8-7-9-13-32;/h7-10,12-21,23-24,27H,6,11,22H2,1-5H3;/q-2;+2. The Balaban J connectivity index is 0.00000386. The monoisotopic (exact) mass is 797 g/mol. The molecule has 5 nitrogen and oxygen atoms in total. The summed E-state index contributed by atoms with van der Waals surface area (Å²) in [5.74, 6) is 2.70. The zero-order valence-electron chi connectivity index (χ0n) is 27.4. The van der Waals surface area contributed by atoms with Gasteiger partial charge >= 0.3 is 21.1 Å². The van der Waals surface area contributed by atoms with E-state index in [9.17, 15) is 0 Å². The number of pyridine rings is 1. The summed E-state index contributed by atoms with van der Waals surface area (Å²) in [5, 5.41) is 7.20. The summed E-state index contributed by atoms with van der Waals surface area (Å²) in [5.41, 5.74) is 9.82. The van der Waals surface area contributed by atoms with E-state index in [0.717, 1.165) is 69.7 Å². The second-order valence-electron chi connectivity index (χ2n) is 12.5. The van der Waals surface area contributed by atoms with Crippen molar-refractivity contribution in [3.8, 4) is 34.1 Å². The van der Waals surface area contributed by atoms with E-state index in [0.29, 0.717) is 17.4 Å². The molecule has 0 aliphatic heterocycles. The molecule has 238 valence electrons. The summed E-state index contributed by atoms with van der Waals surface area (Å²) < 4.78 is 10.6. The number of fused-ring (bicyclic) bond motifs is 3. The molecule has 3 heterocycles. The van der Waals surface area contributed by atoms with Crippen LogP contribution in [0, 0.1) is 31.9 Å². The first-order chi connectivity index (χ1) is 22.4. The van der Waals surface area contributed by atoms with Crippen LogP contribution < -0.4 is 4.74 Å². The number of aromatic nitrogens is 4. The molecule has 0 saturated heterocycles. The minimum Gasteiger partial charge on any atom is -0.509 e. The van der Waals surface area contributed by atoms with E-state index in [1.54, 1.807) is 0 Å². The molecule has 0 atom stereocenters. The summed E-state index contributed by atoms with van der Waals surface area (Å²) in [6, 6.07) is 38.6. The van der Waals surface area contributed by atoms with Crippen molar-refractivity contribution in [3.05, 3.63) is 132 Å². The van der Waals surface area contributed by atoms with E-state index in [1.807, 2.05) is 48.1 Å². The Labute approximate surface area is 291 Å². The van der Waals surface area contributed by atoms with Gasteiger partial charge in [-0.3, -0.25) is 4.68 Å². The number of ether oxygens (including phenoxy) is 1. The van der Waals surface area contributed by atoms with Crippen molar-refractivity contribution >= 4 is 21.8 Å². The SMILES string of the molecule is CCCc1ccnc(-n2c3[c-]c(Oc4[c-]c(-n5nc(C)c(-c6ccccc6)c5C)ccc4)ccc3c3cc(CC(C)C)ccc32)c1.[Pt+2]. The Morgan fingerprint density at radius 1 is 0.809 bits per heavy atom. The van der Waals surface area contributed by atoms with E-state index >= 15 is 0 Å². The summed E-state index contributed by atoms with van der Waals surface area (Å²) in [7, 11) is 0. The average Bonchev–Trinajstić information content (AvgIpc) is 3.53. The van der Waals surface area contributed by atoms with Crippen molar-refractivity contribution in [2.24, 2.45) is 5.92 Å². The minimum atomic E-state index is 0. The van der Waals surface area contributed by atoms with Gasteiger partial charge in [0.15, 0.2) is 0 Å². The molecule has 4 aromatic carbocycles. The van der Waals surface area contributed by atoms with Gasteiger partial charge in [-0.15, -0.1) is 35.7 Å². The number of benzene rings is 4. The minimum absolute atomic E-state index is 0. The number of rotatable bonds is 9. The third-order valence-electron chi connectivity index (χ3n) is 8.49. The van der Waals surface area contributed by atoms with Crippen LogP contribution in [-0.2, 0) is 33.9 Å². The maximum Gasteiger partial charge on any atom is 2.00 e. The van der Waals surface area contributed by atoms with Crippen LogP contribution in [0.2, 0.25) is 0 Å². The Bertz CT molecular complexity index is 2180. The molecule has 7 rings (SSSR count). The molecule has 0 fully saturated rings. The number of hydrogen-bond donors (Lipinski definition) is 0. The molecule has 0 saturated carbocycles. The van der Waals surface area contributed by atoms with Gasteiger partial charge in [0, 0.05) is 34.5 Å². The molecule has 0 radical (unpaired) electrons. The van der Waals surface area contributed by atoms with Crippen LogP contribution >= 0.6 is 0 Å². The van der Waals surface area contributed by atoms with Gasteiger partial charge < -0.3 is 9.30 Å². The number of hydrogen-bond acceptors (Lipinski definition) is 3. The first kappa shape index (κ1) is 32.5. The molecule has 0 amide bonds. The molecule has 3 aromatic heterocycles. The van der Waals surface area contributed by atoms with Crippen molar-refractivity contribution in [2.75, 3.05) is 0 Å². The zero-order chi connectivity index (χ0) is 31.8. The zero-order valence-corrected chi connectivity index (χ0v) is 29.7. The fourth-order valence-corrected chi connectivity index (χ4v) is 6.53. The van der Waals surface area contributed by atoms with Gasteiger partial charge in [0.2, 0.25) is 0 Å². The molecule has 0 N–H and O–H groups in total. The second-order valence-corrected chi connectivity index (χ2v) is 12.5. The van der Waals surface area contributed by atoms with Gasteiger partial charge in [-0.1, -0.05) is 75.2 Å². The third kappa shape index (κ3) is 6.42. The van der Waals surface area contributed by atoms with Gasteiger partial charge in [-0.2, -0.15) is 17.2 Å². The van der Waals surface area contributed by atoms with Crippen molar-refractivity contribution in [1.29, 1.82) is 0 Å². The van der Waals surface area contributed by atoms with Gasteiger partial charge in [0.25, 0.3) is 0 Å². The normalized spacial score (nSPS) is 11.4. The fraction of sp³-hybridized carbons (Fsp3) is 0.220. The molecule has 0 unspecified atom stereocenters. The van der Waals surface area contributed by atoms with Crippen LogP contribution in [0.1, 0.15) is 49.7 Å². The van der Waals surface area contributed by atoms with E-state index in [2.05, 4.69) is 105 Å². The number of nitrogens with zero attached hydrogens (tertiary/aromatic N) is 4. The quantitative estimate of drug-likeness (QED) is 0.137. The molecule has 7 aromatic rings. The summed E-state index contributed by atoms with van der Waals surface area (Å²) in [6.07, 6.45) is 5.04. The maximum atomic E-state index is 6.45. The molecule has 6 heteroatoms. The summed E-state index contributed by atoms with van der Waals surface area (Å²) in [6.45, 7) is 10.9. The van der Waals surface area contributed by atoms with Gasteiger partial charge in [-0.25, -0.2) is 4.98 Å². The van der Waals surface area contributed by atoms with Crippen LogP contribution in [0.5, 0.6) is 11.5 Å². The molecule has 0 aliphatic carbocycles. The molecule has 0 spiro atoms. The van der Waals surface area contributed by atoms with Crippen LogP contribution in [0.3, 0.4) is 0 Å². The van der Waals surface area contributed by atoms with Gasteiger partial charge in [0.1, 0.15) is 5.82 Å². The van der Waals surface area contributed by atoms with Gasteiger partial charge in [-0.05, 0) is 78.6 Å². The predicted molar refractivity (Wildman–Crippen MR) is 187 cm³/mol. The van der Waals surface area contributed by atoms with Crippen molar-refractivity contribution in [3.63, 3.8) is 0 Å². The molecular formula is C41H38N4OPt. The second kappa shape index (κ2) is 13.7.